The summed E-state index contributed by atoms with van der Waals surface area (Å²) in [6, 6.07) is 9.65. The molecular weight excluding hydrogens is 195 g/mol. The molecule has 0 fully saturated rings. The minimum absolute atomic E-state index is 0. The van der Waals surface area contributed by atoms with Crippen molar-refractivity contribution in [3.8, 4) is 0 Å². The fourth-order valence-corrected chi connectivity index (χ4v) is 1.87. The Hall–Kier alpha value is 0.856. The van der Waals surface area contributed by atoms with Gasteiger partial charge in [0.25, 0.3) is 0 Å². The van der Waals surface area contributed by atoms with Gasteiger partial charge in [-0.3, -0.25) is 0 Å². The standard InChI is InChI=1S/C13H19.K/c1-4-8-12(5-2)13-10-7-6-9-11(13)3;/h6-7,9,12H,4-5,8H2,1-3H3;/q-1;+1. The molecule has 0 nitrogen and oxygen atoms in total. The summed E-state index contributed by atoms with van der Waals surface area (Å²) in [5.74, 6) is 0.714. The van der Waals surface area contributed by atoms with Crippen LogP contribution in [0.2, 0.25) is 0 Å². The summed E-state index contributed by atoms with van der Waals surface area (Å²) in [7, 11) is 0. The van der Waals surface area contributed by atoms with Crippen molar-refractivity contribution in [2.75, 3.05) is 0 Å². The largest absolute Gasteiger partial charge is 1.00 e. The summed E-state index contributed by atoms with van der Waals surface area (Å²) in [4.78, 5) is 0. The molecule has 1 rings (SSSR count). The number of aryl methyl sites for hydroxylation is 1. The molecule has 0 amide bonds. The third kappa shape index (κ3) is 4.15. The van der Waals surface area contributed by atoms with E-state index < -0.39 is 0 Å². The molecule has 0 heterocycles. The first-order valence-corrected chi connectivity index (χ1v) is 5.26. The molecule has 1 atom stereocenters. The van der Waals surface area contributed by atoms with Crippen molar-refractivity contribution in [2.24, 2.45) is 0 Å². The van der Waals surface area contributed by atoms with Crippen LogP contribution in [0.3, 0.4) is 0 Å². The van der Waals surface area contributed by atoms with Gasteiger partial charge >= 0.3 is 51.4 Å². The van der Waals surface area contributed by atoms with Gasteiger partial charge in [-0.2, -0.15) is 35.4 Å². The van der Waals surface area contributed by atoms with Crippen molar-refractivity contribution in [2.45, 2.75) is 46.0 Å². The summed E-state index contributed by atoms with van der Waals surface area (Å²) in [6.07, 6.45) is 3.79. The molecule has 0 spiro atoms. The quantitative estimate of drug-likeness (QED) is 0.520. The van der Waals surface area contributed by atoms with Crippen molar-refractivity contribution < 1.29 is 51.4 Å². The van der Waals surface area contributed by atoms with Crippen molar-refractivity contribution in [3.63, 3.8) is 0 Å². The molecule has 1 aromatic carbocycles. The van der Waals surface area contributed by atoms with Crippen LogP contribution in [-0.2, 0) is 0 Å². The van der Waals surface area contributed by atoms with Gasteiger partial charge in [0.05, 0.1) is 0 Å². The maximum Gasteiger partial charge on any atom is 1.00 e. The fraction of sp³-hybridized carbons (Fsp3) is 0.538. The molecule has 0 aromatic heterocycles. The zero-order valence-corrected chi connectivity index (χ0v) is 13.1. The van der Waals surface area contributed by atoms with Crippen LogP contribution in [0.1, 0.15) is 50.2 Å². The third-order valence-electron chi connectivity index (χ3n) is 2.64. The molecular formula is C13H19K. The normalized spacial score (nSPS) is 11.9. The van der Waals surface area contributed by atoms with Crippen LogP contribution in [0.4, 0.5) is 0 Å². The van der Waals surface area contributed by atoms with E-state index in [4.69, 9.17) is 0 Å². The Kier molecular flexibility index (Phi) is 8.55. The maximum atomic E-state index is 3.37. The van der Waals surface area contributed by atoms with E-state index in [9.17, 15) is 0 Å². The van der Waals surface area contributed by atoms with E-state index in [-0.39, 0.29) is 51.4 Å². The molecule has 1 heteroatoms. The van der Waals surface area contributed by atoms with E-state index in [2.05, 4.69) is 39.0 Å². The second-order valence-electron chi connectivity index (χ2n) is 3.66. The second kappa shape index (κ2) is 8.06. The Morgan fingerprint density at radius 3 is 2.57 bits per heavy atom. The molecule has 0 bridgehead atoms. The Bertz CT molecular complexity index is 255. The number of benzene rings is 1. The van der Waals surface area contributed by atoms with E-state index in [1.807, 2.05) is 6.07 Å². The molecule has 0 aliphatic rings. The third-order valence-corrected chi connectivity index (χ3v) is 2.64. The van der Waals surface area contributed by atoms with Crippen molar-refractivity contribution >= 4 is 0 Å². The molecule has 0 radical (unpaired) electrons. The maximum absolute atomic E-state index is 3.37. The fourth-order valence-electron chi connectivity index (χ4n) is 1.87. The second-order valence-corrected chi connectivity index (χ2v) is 3.66. The van der Waals surface area contributed by atoms with Gasteiger partial charge in [-0.15, -0.1) is 0 Å². The van der Waals surface area contributed by atoms with Crippen LogP contribution in [0, 0.1) is 13.0 Å². The number of hydrogen-bond donors (Lipinski definition) is 0. The number of rotatable bonds is 4. The summed E-state index contributed by atoms with van der Waals surface area (Å²) >= 11 is 0. The van der Waals surface area contributed by atoms with Crippen molar-refractivity contribution in [1.29, 1.82) is 0 Å². The molecule has 0 saturated carbocycles. The van der Waals surface area contributed by atoms with Gasteiger partial charge in [0, 0.05) is 0 Å². The summed E-state index contributed by atoms with van der Waals surface area (Å²) in [5.41, 5.74) is 2.81. The number of hydrogen-bond acceptors (Lipinski definition) is 0. The van der Waals surface area contributed by atoms with Gasteiger partial charge in [0.1, 0.15) is 0 Å². The van der Waals surface area contributed by atoms with E-state index in [0.717, 1.165) is 0 Å². The summed E-state index contributed by atoms with van der Waals surface area (Å²) in [6.45, 7) is 6.70. The Morgan fingerprint density at radius 1 is 1.36 bits per heavy atom. The van der Waals surface area contributed by atoms with Crippen LogP contribution < -0.4 is 51.4 Å². The molecule has 1 aromatic rings. The van der Waals surface area contributed by atoms with Crippen LogP contribution in [-0.4, -0.2) is 0 Å². The minimum atomic E-state index is 0. The Labute approximate surface area is 131 Å². The van der Waals surface area contributed by atoms with E-state index in [1.54, 1.807) is 0 Å². The van der Waals surface area contributed by atoms with Gasteiger partial charge in [-0.1, -0.05) is 33.6 Å². The zero-order chi connectivity index (χ0) is 9.68. The zero-order valence-electron chi connectivity index (χ0n) is 9.93. The summed E-state index contributed by atoms with van der Waals surface area (Å²) in [5, 5.41) is 0. The van der Waals surface area contributed by atoms with E-state index >= 15 is 0 Å². The molecule has 1 unspecified atom stereocenters. The first-order valence-electron chi connectivity index (χ1n) is 5.26. The smallest absolute Gasteiger partial charge is 0.180 e. The van der Waals surface area contributed by atoms with Gasteiger partial charge in [0.15, 0.2) is 0 Å². The van der Waals surface area contributed by atoms with Gasteiger partial charge < -0.3 is 0 Å². The molecule has 0 N–H and O–H groups in total. The van der Waals surface area contributed by atoms with Crippen LogP contribution >= 0.6 is 0 Å². The molecule has 0 aliphatic carbocycles. The SMILES string of the molecule is CCCC(CC)c1[c-]cccc1C.[K+]. The molecule has 14 heavy (non-hydrogen) atoms. The van der Waals surface area contributed by atoms with Gasteiger partial charge in [0.2, 0.25) is 0 Å². The predicted octanol–water partition coefficient (Wildman–Crippen LogP) is 1.09. The van der Waals surface area contributed by atoms with Crippen molar-refractivity contribution in [3.05, 3.63) is 35.4 Å². The van der Waals surface area contributed by atoms with Crippen LogP contribution in [0.25, 0.3) is 0 Å². The monoisotopic (exact) mass is 214 g/mol. The minimum Gasteiger partial charge on any atom is -0.180 e. The topological polar surface area (TPSA) is 0 Å². The van der Waals surface area contributed by atoms with Gasteiger partial charge in [-0.25, -0.2) is 0 Å². The Morgan fingerprint density at radius 2 is 2.07 bits per heavy atom. The van der Waals surface area contributed by atoms with Gasteiger partial charge in [-0.05, 0) is 12.3 Å². The average Bonchev–Trinajstić information content (AvgIpc) is 2.16. The molecule has 0 aliphatic heterocycles. The average molecular weight is 214 g/mol. The van der Waals surface area contributed by atoms with E-state index in [1.165, 1.54) is 30.4 Å². The van der Waals surface area contributed by atoms with Crippen LogP contribution in [0.15, 0.2) is 18.2 Å². The van der Waals surface area contributed by atoms with Crippen LogP contribution in [0.5, 0.6) is 0 Å². The first-order chi connectivity index (χ1) is 6.29. The first kappa shape index (κ1) is 14.9. The molecule has 72 valence electrons. The summed E-state index contributed by atoms with van der Waals surface area (Å²) < 4.78 is 0. The van der Waals surface area contributed by atoms with Crippen molar-refractivity contribution in [1.82, 2.24) is 0 Å². The Balaban J connectivity index is 0.00000169. The van der Waals surface area contributed by atoms with E-state index in [0.29, 0.717) is 5.92 Å². The molecule has 0 saturated heterocycles. The predicted molar refractivity (Wildman–Crippen MR) is 58.0 cm³/mol.